The van der Waals surface area contributed by atoms with Crippen molar-refractivity contribution in [1.29, 1.82) is 0 Å². The smallest absolute Gasteiger partial charge is 0.255 e. The van der Waals surface area contributed by atoms with Crippen LogP contribution in [0.1, 0.15) is 16.8 Å². The summed E-state index contributed by atoms with van der Waals surface area (Å²) in [4.78, 5) is 1.31. The van der Waals surface area contributed by atoms with E-state index in [-0.39, 0.29) is 19.7 Å². The van der Waals surface area contributed by atoms with E-state index < -0.39 is 13.0 Å². The summed E-state index contributed by atoms with van der Waals surface area (Å²) in [5.74, 6) is 0.329. The quantitative estimate of drug-likeness (QED) is 0.784. The Morgan fingerprint density at radius 2 is 2.00 bits per heavy atom. The Bertz CT molecular complexity index is 401. The maximum Gasteiger partial charge on any atom is 0.255 e. The van der Waals surface area contributed by atoms with Gasteiger partial charge in [0.1, 0.15) is 0 Å². The highest BCUT2D eigenvalue weighted by molar-refractivity contribution is 5.50. The zero-order valence-corrected chi connectivity index (χ0v) is 10.5. The van der Waals surface area contributed by atoms with E-state index in [1.165, 1.54) is 4.90 Å². The molecule has 5 nitrogen and oxygen atoms in total. The number of hydrogen-bond acceptors (Lipinski definition) is 5. The Hall–Kier alpha value is -1.34. The fourth-order valence-electron chi connectivity index (χ4n) is 1.71. The Kier molecular flexibility index (Phi) is 5.36. The molecule has 0 amide bonds. The normalized spacial score (nSPS) is 11.1. The summed E-state index contributed by atoms with van der Waals surface area (Å²) in [5, 5.41) is 16.8. The summed E-state index contributed by atoms with van der Waals surface area (Å²) in [6, 6.07) is 0. The molecule has 0 fully saturated rings. The number of alkyl halides is 2. The zero-order valence-electron chi connectivity index (χ0n) is 10.5. The van der Waals surface area contributed by atoms with Gasteiger partial charge in [0.2, 0.25) is 0 Å². The predicted molar refractivity (Wildman–Crippen MR) is 64.7 cm³/mol. The number of halogens is 2. The third-order valence-corrected chi connectivity index (χ3v) is 2.79. The van der Waals surface area contributed by atoms with E-state index in [0.717, 1.165) is 11.3 Å². The van der Waals surface area contributed by atoms with Crippen LogP contribution in [0.15, 0.2) is 0 Å². The van der Waals surface area contributed by atoms with Gasteiger partial charge in [0.05, 0.1) is 18.8 Å². The van der Waals surface area contributed by atoms with E-state index in [1.807, 2.05) is 6.92 Å². The number of aryl methyl sites for hydroxylation is 1. The summed E-state index contributed by atoms with van der Waals surface area (Å²) < 4.78 is 25.0. The molecule has 102 valence electrons. The molecule has 1 rings (SSSR count). The summed E-state index contributed by atoms with van der Waals surface area (Å²) in [6.07, 6.45) is -2.51. The van der Waals surface area contributed by atoms with Crippen LogP contribution in [-0.2, 0) is 6.54 Å². The Morgan fingerprint density at radius 3 is 2.50 bits per heavy atom. The average Bonchev–Trinajstić information content (AvgIpc) is 2.31. The monoisotopic (exact) mass is 260 g/mol. The molecular weight excluding hydrogens is 242 g/mol. The van der Waals surface area contributed by atoms with Crippen LogP contribution in [0.5, 0.6) is 0 Å². The van der Waals surface area contributed by atoms with Crippen LogP contribution in [0.25, 0.3) is 0 Å². The molecule has 1 aromatic rings. The summed E-state index contributed by atoms with van der Waals surface area (Å²) in [5.41, 5.74) is 7.90. The van der Waals surface area contributed by atoms with Gasteiger partial charge in [-0.25, -0.2) is 8.78 Å². The van der Waals surface area contributed by atoms with Crippen molar-refractivity contribution in [2.24, 2.45) is 5.73 Å². The summed E-state index contributed by atoms with van der Waals surface area (Å²) in [7, 11) is 0. The topological polar surface area (TPSA) is 75.3 Å². The highest BCUT2D eigenvalue weighted by Gasteiger charge is 2.19. The number of nitrogens with zero attached hydrogens (tertiary/aromatic N) is 3. The highest BCUT2D eigenvalue weighted by Crippen LogP contribution is 2.22. The molecule has 0 aliphatic rings. The van der Waals surface area contributed by atoms with Crippen molar-refractivity contribution < 1.29 is 13.9 Å². The SMILES string of the molecule is Cc1nnc(N(CCO)CC(F)F)c(CN)c1C. The molecule has 3 N–H and O–H groups in total. The third kappa shape index (κ3) is 3.33. The van der Waals surface area contributed by atoms with Crippen LogP contribution < -0.4 is 10.6 Å². The number of hydrogen-bond donors (Lipinski definition) is 2. The van der Waals surface area contributed by atoms with E-state index in [4.69, 9.17) is 10.8 Å². The molecule has 0 aliphatic heterocycles. The van der Waals surface area contributed by atoms with E-state index in [9.17, 15) is 8.78 Å². The van der Waals surface area contributed by atoms with Crippen molar-refractivity contribution in [3.05, 3.63) is 16.8 Å². The van der Waals surface area contributed by atoms with E-state index >= 15 is 0 Å². The Balaban J connectivity index is 3.14. The van der Waals surface area contributed by atoms with Gasteiger partial charge in [0, 0.05) is 18.7 Å². The highest BCUT2D eigenvalue weighted by atomic mass is 19.3. The van der Waals surface area contributed by atoms with Gasteiger partial charge in [-0.1, -0.05) is 0 Å². The summed E-state index contributed by atoms with van der Waals surface area (Å²) >= 11 is 0. The first kappa shape index (κ1) is 14.7. The maximum absolute atomic E-state index is 12.5. The first-order valence-electron chi connectivity index (χ1n) is 5.68. The lowest BCUT2D eigenvalue weighted by atomic mass is 10.1. The molecule has 0 radical (unpaired) electrons. The molecule has 0 spiro atoms. The minimum absolute atomic E-state index is 0.0779. The molecular formula is C11H18F2N4O. The molecule has 1 heterocycles. The van der Waals surface area contributed by atoms with Crippen LogP contribution in [0, 0.1) is 13.8 Å². The van der Waals surface area contributed by atoms with Crippen LogP contribution in [-0.4, -0.2) is 41.4 Å². The van der Waals surface area contributed by atoms with Gasteiger partial charge in [-0.2, -0.15) is 5.10 Å². The zero-order chi connectivity index (χ0) is 13.7. The minimum atomic E-state index is -2.51. The van der Waals surface area contributed by atoms with Gasteiger partial charge in [-0.05, 0) is 19.4 Å². The average molecular weight is 260 g/mol. The van der Waals surface area contributed by atoms with Crippen molar-refractivity contribution in [2.75, 3.05) is 24.6 Å². The van der Waals surface area contributed by atoms with Crippen LogP contribution >= 0.6 is 0 Å². The van der Waals surface area contributed by atoms with Crippen molar-refractivity contribution in [3.8, 4) is 0 Å². The Morgan fingerprint density at radius 1 is 1.33 bits per heavy atom. The van der Waals surface area contributed by atoms with Crippen molar-refractivity contribution >= 4 is 5.82 Å². The lowest BCUT2D eigenvalue weighted by molar-refractivity contribution is 0.152. The second-order valence-corrected chi connectivity index (χ2v) is 3.98. The molecule has 0 aromatic carbocycles. The molecule has 0 bridgehead atoms. The third-order valence-electron chi connectivity index (χ3n) is 2.79. The number of aromatic nitrogens is 2. The summed E-state index contributed by atoms with van der Waals surface area (Å²) in [6.45, 7) is 3.16. The fraction of sp³-hybridized carbons (Fsp3) is 0.636. The largest absolute Gasteiger partial charge is 0.395 e. The van der Waals surface area contributed by atoms with Crippen molar-refractivity contribution in [2.45, 2.75) is 26.8 Å². The van der Waals surface area contributed by atoms with Gasteiger partial charge in [-0.15, -0.1) is 5.10 Å². The van der Waals surface area contributed by atoms with Gasteiger partial charge < -0.3 is 15.7 Å². The first-order valence-corrected chi connectivity index (χ1v) is 5.68. The van der Waals surface area contributed by atoms with Crippen molar-refractivity contribution in [1.82, 2.24) is 10.2 Å². The predicted octanol–water partition coefficient (Wildman–Crippen LogP) is 0.616. The maximum atomic E-state index is 12.5. The second kappa shape index (κ2) is 6.55. The van der Waals surface area contributed by atoms with Gasteiger partial charge >= 0.3 is 0 Å². The number of aliphatic hydroxyl groups excluding tert-OH is 1. The molecule has 0 saturated heterocycles. The van der Waals surface area contributed by atoms with Gasteiger partial charge in [0.25, 0.3) is 6.43 Å². The molecule has 0 aliphatic carbocycles. The molecule has 18 heavy (non-hydrogen) atoms. The van der Waals surface area contributed by atoms with E-state index in [0.29, 0.717) is 11.4 Å². The number of nitrogens with two attached hydrogens (primary N) is 1. The number of anilines is 1. The lowest BCUT2D eigenvalue weighted by Crippen LogP contribution is -2.34. The number of aliphatic hydroxyl groups is 1. The van der Waals surface area contributed by atoms with E-state index in [2.05, 4.69) is 10.2 Å². The Labute approximate surface area is 105 Å². The fourth-order valence-corrected chi connectivity index (χ4v) is 1.71. The minimum Gasteiger partial charge on any atom is -0.395 e. The van der Waals surface area contributed by atoms with Gasteiger partial charge in [-0.3, -0.25) is 0 Å². The molecule has 0 unspecified atom stereocenters. The van der Waals surface area contributed by atoms with E-state index in [1.54, 1.807) is 6.92 Å². The standard InChI is InChI=1S/C11H18F2N4O/c1-7-8(2)15-16-11(9(7)5-14)17(3-4-18)6-10(12)13/h10,18H,3-6,14H2,1-2H3. The van der Waals surface area contributed by atoms with Crippen LogP contribution in [0.2, 0.25) is 0 Å². The first-order chi connectivity index (χ1) is 8.51. The number of rotatable bonds is 6. The second-order valence-electron chi connectivity index (χ2n) is 3.98. The molecule has 7 heteroatoms. The van der Waals surface area contributed by atoms with Crippen LogP contribution in [0.3, 0.4) is 0 Å². The van der Waals surface area contributed by atoms with Gasteiger partial charge in [0.15, 0.2) is 5.82 Å². The van der Waals surface area contributed by atoms with Crippen molar-refractivity contribution in [3.63, 3.8) is 0 Å². The lowest BCUT2D eigenvalue weighted by Gasteiger charge is -2.25. The van der Waals surface area contributed by atoms with Crippen LogP contribution in [0.4, 0.5) is 14.6 Å². The molecule has 1 aromatic heterocycles. The molecule has 0 saturated carbocycles. The molecule has 0 atom stereocenters.